The molecule has 0 bridgehead atoms. The SMILES string of the molecule is COc1c(Br)cc(Cl)cc1S(=O)(=O)N(C)CC(C)(C)CN. The van der Waals surface area contributed by atoms with Gasteiger partial charge in [-0.15, -0.1) is 0 Å². The van der Waals surface area contributed by atoms with Gasteiger partial charge in [-0.05, 0) is 40.0 Å². The molecule has 0 saturated heterocycles. The van der Waals surface area contributed by atoms with Gasteiger partial charge in [0.05, 0.1) is 11.6 Å². The molecule has 0 heterocycles. The van der Waals surface area contributed by atoms with Crippen molar-refractivity contribution in [2.45, 2.75) is 18.7 Å². The standard InChI is InChI=1S/C13H20BrClN2O3S/c1-13(2,7-16)8-17(3)21(18,19)11-6-9(15)5-10(14)12(11)20-4/h5-6H,7-8,16H2,1-4H3. The lowest BCUT2D eigenvalue weighted by molar-refractivity contribution is 0.291. The van der Waals surface area contributed by atoms with Crippen LogP contribution < -0.4 is 10.5 Å². The topological polar surface area (TPSA) is 72.6 Å². The lowest BCUT2D eigenvalue weighted by Crippen LogP contribution is -2.39. The minimum absolute atomic E-state index is 0.0275. The minimum Gasteiger partial charge on any atom is -0.494 e. The number of nitrogens with zero attached hydrogens (tertiary/aromatic N) is 1. The molecule has 2 N–H and O–H groups in total. The van der Waals surface area contributed by atoms with Crippen molar-refractivity contribution < 1.29 is 13.2 Å². The summed E-state index contributed by atoms with van der Waals surface area (Å²) < 4.78 is 32.4. The summed E-state index contributed by atoms with van der Waals surface area (Å²) >= 11 is 9.22. The zero-order chi connectivity index (χ0) is 16.4. The molecule has 0 atom stereocenters. The molecule has 0 saturated carbocycles. The van der Waals surface area contributed by atoms with Gasteiger partial charge in [-0.1, -0.05) is 25.4 Å². The fourth-order valence-corrected chi connectivity index (χ4v) is 4.57. The molecule has 0 unspecified atom stereocenters. The molecule has 0 aromatic heterocycles. The van der Waals surface area contributed by atoms with Gasteiger partial charge in [0.1, 0.15) is 4.90 Å². The van der Waals surface area contributed by atoms with E-state index in [1.807, 2.05) is 13.8 Å². The highest BCUT2D eigenvalue weighted by atomic mass is 79.9. The quantitative estimate of drug-likeness (QED) is 0.798. The Morgan fingerprint density at radius 2 is 2.00 bits per heavy atom. The number of rotatable bonds is 6. The molecule has 0 aliphatic rings. The predicted octanol–water partition coefficient (Wildman–Crippen LogP) is 2.72. The van der Waals surface area contributed by atoms with Crippen LogP contribution in [0.3, 0.4) is 0 Å². The maximum atomic E-state index is 12.7. The third-order valence-corrected chi connectivity index (χ3v) is 5.69. The maximum Gasteiger partial charge on any atom is 0.246 e. The Labute approximate surface area is 139 Å². The number of nitrogens with two attached hydrogens (primary N) is 1. The predicted molar refractivity (Wildman–Crippen MR) is 88.4 cm³/mol. The minimum atomic E-state index is -3.73. The summed E-state index contributed by atoms with van der Waals surface area (Å²) in [4.78, 5) is 0.0275. The second-order valence-electron chi connectivity index (χ2n) is 5.55. The van der Waals surface area contributed by atoms with Gasteiger partial charge in [-0.2, -0.15) is 0 Å². The van der Waals surface area contributed by atoms with Crippen molar-refractivity contribution in [3.63, 3.8) is 0 Å². The van der Waals surface area contributed by atoms with Crippen molar-refractivity contribution in [2.75, 3.05) is 27.2 Å². The van der Waals surface area contributed by atoms with E-state index in [2.05, 4.69) is 15.9 Å². The van der Waals surface area contributed by atoms with Crippen molar-refractivity contribution in [3.8, 4) is 5.75 Å². The summed E-state index contributed by atoms with van der Waals surface area (Å²) in [6, 6.07) is 2.97. The number of halogens is 2. The summed E-state index contributed by atoms with van der Waals surface area (Å²) in [5.41, 5.74) is 5.34. The van der Waals surface area contributed by atoms with Gasteiger partial charge in [-0.25, -0.2) is 12.7 Å². The second kappa shape index (κ2) is 6.83. The number of hydrogen-bond donors (Lipinski definition) is 1. The summed E-state index contributed by atoms with van der Waals surface area (Å²) in [6.45, 7) is 4.48. The Kier molecular flexibility index (Phi) is 6.08. The first-order valence-corrected chi connectivity index (χ1v) is 8.85. The van der Waals surface area contributed by atoms with E-state index in [0.29, 0.717) is 22.6 Å². The zero-order valence-electron chi connectivity index (χ0n) is 12.5. The summed E-state index contributed by atoms with van der Waals surface area (Å²) in [5, 5.41) is 0.313. The first-order chi connectivity index (χ1) is 9.55. The van der Waals surface area contributed by atoms with Crippen LogP contribution in [0.4, 0.5) is 0 Å². The molecule has 5 nitrogen and oxygen atoms in total. The fraction of sp³-hybridized carbons (Fsp3) is 0.538. The van der Waals surface area contributed by atoms with Crippen molar-refractivity contribution in [2.24, 2.45) is 11.1 Å². The number of benzene rings is 1. The van der Waals surface area contributed by atoms with Gasteiger partial charge < -0.3 is 10.5 Å². The first-order valence-electron chi connectivity index (χ1n) is 6.24. The Morgan fingerprint density at radius 1 is 1.43 bits per heavy atom. The van der Waals surface area contributed by atoms with Crippen LogP contribution in [-0.4, -0.2) is 40.0 Å². The van der Waals surface area contributed by atoms with Crippen LogP contribution in [0.15, 0.2) is 21.5 Å². The van der Waals surface area contributed by atoms with E-state index in [9.17, 15) is 8.42 Å². The molecule has 1 aromatic rings. The lowest BCUT2D eigenvalue weighted by Gasteiger charge is -2.29. The van der Waals surface area contributed by atoms with Crippen molar-refractivity contribution in [1.82, 2.24) is 4.31 Å². The Morgan fingerprint density at radius 3 is 2.48 bits per heavy atom. The molecular formula is C13H20BrClN2O3S. The molecule has 0 aliphatic heterocycles. The zero-order valence-corrected chi connectivity index (χ0v) is 15.6. The van der Waals surface area contributed by atoms with Crippen LogP contribution in [0.5, 0.6) is 5.75 Å². The van der Waals surface area contributed by atoms with Crippen LogP contribution in [0, 0.1) is 5.41 Å². The largest absolute Gasteiger partial charge is 0.494 e. The van der Waals surface area contributed by atoms with E-state index in [4.69, 9.17) is 22.1 Å². The molecular weight excluding hydrogens is 380 g/mol. The number of ether oxygens (including phenoxy) is 1. The highest BCUT2D eigenvalue weighted by Gasteiger charge is 2.30. The van der Waals surface area contributed by atoms with Crippen LogP contribution in [0.25, 0.3) is 0 Å². The first kappa shape index (κ1) is 18.7. The van der Waals surface area contributed by atoms with E-state index in [1.165, 1.54) is 24.5 Å². The van der Waals surface area contributed by atoms with E-state index >= 15 is 0 Å². The molecule has 21 heavy (non-hydrogen) atoms. The molecule has 1 rings (SSSR count). The van der Waals surface area contributed by atoms with Gasteiger partial charge in [-0.3, -0.25) is 0 Å². The molecule has 120 valence electrons. The van der Waals surface area contributed by atoms with E-state index in [1.54, 1.807) is 6.07 Å². The van der Waals surface area contributed by atoms with Crippen molar-refractivity contribution >= 4 is 37.6 Å². The average Bonchev–Trinajstić information content (AvgIpc) is 2.37. The molecule has 0 amide bonds. The van der Waals surface area contributed by atoms with E-state index < -0.39 is 10.0 Å². The van der Waals surface area contributed by atoms with Crippen molar-refractivity contribution in [3.05, 3.63) is 21.6 Å². The Hall–Kier alpha value is -0.340. The fourth-order valence-electron chi connectivity index (χ4n) is 1.85. The second-order valence-corrected chi connectivity index (χ2v) is 8.85. The van der Waals surface area contributed by atoms with Crippen molar-refractivity contribution in [1.29, 1.82) is 0 Å². The van der Waals surface area contributed by atoms with E-state index in [-0.39, 0.29) is 16.1 Å². The highest BCUT2D eigenvalue weighted by Crippen LogP contribution is 2.37. The number of hydrogen-bond acceptors (Lipinski definition) is 4. The number of sulfonamides is 1. The Bertz CT molecular complexity index is 620. The molecule has 0 spiro atoms. The van der Waals surface area contributed by atoms with Gasteiger partial charge in [0.2, 0.25) is 10.0 Å². The molecule has 8 heteroatoms. The third-order valence-electron chi connectivity index (χ3n) is 3.07. The van der Waals surface area contributed by atoms with Crippen LogP contribution >= 0.6 is 27.5 Å². The van der Waals surface area contributed by atoms with E-state index in [0.717, 1.165) is 0 Å². The average molecular weight is 400 g/mol. The molecule has 1 aromatic carbocycles. The summed E-state index contributed by atoms with van der Waals surface area (Å²) in [7, 11) is -0.803. The summed E-state index contributed by atoms with van der Waals surface area (Å²) in [5.74, 6) is 0.233. The maximum absolute atomic E-state index is 12.7. The van der Waals surface area contributed by atoms with Gasteiger partial charge in [0.15, 0.2) is 5.75 Å². The molecule has 0 radical (unpaired) electrons. The molecule has 0 aliphatic carbocycles. The van der Waals surface area contributed by atoms with Gasteiger partial charge in [0, 0.05) is 18.6 Å². The highest BCUT2D eigenvalue weighted by molar-refractivity contribution is 9.10. The van der Waals surface area contributed by atoms with Crippen LogP contribution in [-0.2, 0) is 10.0 Å². The lowest BCUT2D eigenvalue weighted by atomic mass is 9.94. The number of methoxy groups -OCH3 is 1. The third kappa shape index (κ3) is 4.32. The smallest absolute Gasteiger partial charge is 0.246 e. The molecule has 0 fully saturated rings. The van der Waals surface area contributed by atoms with Gasteiger partial charge >= 0.3 is 0 Å². The Balaban J connectivity index is 3.31. The normalized spacial score (nSPS) is 12.8. The summed E-state index contributed by atoms with van der Waals surface area (Å²) in [6.07, 6.45) is 0. The van der Waals surface area contributed by atoms with Gasteiger partial charge in [0.25, 0.3) is 0 Å². The monoisotopic (exact) mass is 398 g/mol. The van der Waals surface area contributed by atoms with Crippen LogP contribution in [0.1, 0.15) is 13.8 Å². The van der Waals surface area contributed by atoms with Crippen LogP contribution in [0.2, 0.25) is 5.02 Å².